The lowest BCUT2D eigenvalue weighted by atomic mass is 10.1. The summed E-state index contributed by atoms with van der Waals surface area (Å²) in [5.74, 6) is -0.795. The molecule has 1 heterocycles. The number of carbonyl (C=O) groups excluding carboxylic acids is 3. The Hall–Kier alpha value is -5.40. The zero-order chi connectivity index (χ0) is 31.2. The van der Waals surface area contributed by atoms with E-state index in [1.807, 2.05) is 96.4 Å². The van der Waals surface area contributed by atoms with Crippen LogP contribution in [0.2, 0.25) is 0 Å². The molecule has 2 amide bonds. The van der Waals surface area contributed by atoms with Crippen LogP contribution in [0.3, 0.4) is 0 Å². The van der Waals surface area contributed by atoms with Crippen LogP contribution in [0, 0.1) is 0 Å². The Labute approximate surface area is 265 Å². The second-order valence-electron chi connectivity index (χ2n) is 10.5. The average Bonchev–Trinajstić information content (AvgIpc) is 3.42. The fraction of sp³-hybridized carbons (Fsp3) is 0.0789. The number of nitrogens with zero attached hydrogens (tertiary/aromatic N) is 1. The molecule has 1 atom stereocenters. The van der Waals surface area contributed by atoms with Gasteiger partial charge >= 0.3 is 0 Å². The van der Waals surface area contributed by atoms with E-state index in [1.165, 1.54) is 11.8 Å². The Bertz CT molecular complexity index is 1960. The van der Waals surface area contributed by atoms with Crippen molar-refractivity contribution in [2.75, 3.05) is 5.32 Å². The number of carbonyl (C=O) groups is 3. The summed E-state index contributed by atoms with van der Waals surface area (Å²) in [5, 5.41) is 7.47. The van der Waals surface area contributed by atoms with Crippen molar-refractivity contribution in [3.8, 4) is 0 Å². The fourth-order valence-electron chi connectivity index (χ4n) is 5.25. The molecule has 2 N–H and O–H groups in total. The normalized spacial score (nSPS) is 12.2. The van der Waals surface area contributed by atoms with Gasteiger partial charge in [-0.15, -0.1) is 11.8 Å². The molecule has 0 spiro atoms. The van der Waals surface area contributed by atoms with E-state index in [1.54, 1.807) is 42.5 Å². The second kappa shape index (κ2) is 13.5. The van der Waals surface area contributed by atoms with Gasteiger partial charge in [-0.3, -0.25) is 19.0 Å². The van der Waals surface area contributed by atoms with Crippen molar-refractivity contribution >= 4 is 63.1 Å². The molecular formula is C38H31N3O3S. The first-order valence-electron chi connectivity index (χ1n) is 14.8. The van der Waals surface area contributed by atoms with Gasteiger partial charge in [0.2, 0.25) is 5.91 Å². The summed E-state index contributed by atoms with van der Waals surface area (Å²) >= 11 is 1.50. The monoisotopic (exact) mass is 609 g/mol. The zero-order valence-corrected chi connectivity index (χ0v) is 25.5. The number of benzene rings is 5. The van der Waals surface area contributed by atoms with Crippen molar-refractivity contribution in [1.82, 2.24) is 9.88 Å². The van der Waals surface area contributed by atoms with Crippen molar-refractivity contribution in [1.29, 1.82) is 0 Å². The van der Waals surface area contributed by atoms with Crippen LogP contribution in [0.1, 0.15) is 34.1 Å². The lowest BCUT2D eigenvalue weighted by Crippen LogP contribution is -2.30. The van der Waals surface area contributed by atoms with Crippen LogP contribution in [0.5, 0.6) is 0 Å². The maximum atomic E-state index is 13.9. The van der Waals surface area contributed by atoms with Gasteiger partial charge in [0.15, 0.2) is 0 Å². The molecule has 6 rings (SSSR count). The van der Waals surface area contributed by atoms with E-state index in [2.05, 4.69) is 22.8 Å². The lowest BCUT2D eigenvalue weighted by Gasteiger charge is -2.16. The molecule has 0 saturated heterocycles. The van der Waals surface area contributed by atoms with Gasteiger partial charge in [0.05, 0.1) is 16.3 Å². The van der Waals surface area contributed by atoms with E-state index in [0.717, 1.165) is 32.3 Å². The second-order valence-corrected chi connectivity index (χ2v) is 11.8. The van der Waals surface area contributed by atoms with E-state index >= 15 is 0 Å². The average molecular weight is 610 g/mol. The summed E-state index contributed by atoms with van der Waals surface area (Å²) in [4.78, 5) is 41.1. The van der Waals surface area contributed by atoms with Crippen molar-refractivity contribution in [3.05, 3.63) is 150 Å². The first-order chi connectivity index (χ1) is 22.0. The minimum Gasteiger partial charge on any atom is -0.321 e. The van der Waals surface area contributed by atoms with Crippen molar-refractivity contribution in [2.24, 2.45) is 0 Å². The molecule has 6 nitrogen and oxygen atoms in total. The summed E-state index contributed by atoms with van der Waals surface area (Å²) < 4.78 is 1.84. The summed E-state index contributed by atoms with van der Waals surface area (Å²) in [6.45, 7) is 2.02. The highest BCUT2D eigenvalue weighted by molar-refractivity contribution is 8.00. The van der Waals surface area contributed by atoms with Crippen molar-refractivity contribution < 1.29 is 14.4 Å². The third-order valence-electron chi connectivity index (χ3n) is 7.48. The molecule has 7 heteroatoms. The highest BCUT2D eigenvalue weighted by Crippen LogP contribution is 2.33. The van der Waals surface area contributed by atoms with Gasteiger partial charge in [0.25, 0.3) is 11.8 Å². The van der Waals surface area contributed by atoms with Crippen LogP contribution >= 0.6 is 11.8 Å². The summed E-state index contributed by atoms with van der Waals surface area (Å²) in [7, 11) is 0. The Kier molecular flexibility index (Phi) is 8.89. The number of rotatable bonds is 9. The summed E-state index contributed by atoms with van der Waals surface area (Å²) in [6.07, 6.45) is 2.30. The van der Waals surface area contributed by atoms with Gasteiger partial charge in [-0.25, -0.2) is 0 Å². The molecule has 0 saturated carbocycles. The molecule has 0 fully saturated rings. The molecule has 1 aromatic heterocycles. The fourth-order valence-corrected chi connectivity index (χ4v) is 6.24. The Morgan fingerprint density at radius 1 is 0.711 bits per heavy atom. The van der Waals surface area contributed by atoms with Crippen LogP contribution in [0.4, 0.5) is 5.69 Å². The van der Waals surface area contributed by atoms with Crippen molar-refractivity contribution in [3.63, 3.8) is 0 Å². The van der Waals surface area contributed by atoms with Crippen molar-refractivity contribution in [2.45, 2.75) is 23.5 Å². The molecule has 222 valence electrons. The number of para-hydroxylation sites is 2. The summed E-state index contributed by atoms with van der Waals surface area (Å²) in [6, 6.07) is 41.5. The van der Waals surface area contributed by atoms with Gasteiger partial charge in [-0.1, -0.05) is 91.9 Å². The van der Waals surface area contributed by atoms with E-state index in [4.69, 9.17) is 0 Å². The molecule has 45 heavy (non-hydrogen) atoms. The largest absolute Gasteiger partial charge is 0.321 e. The number of amides is 2. The number of fused-ring (bicyclic) bond motifs is 3. The third-order valence-corrected chi connectivity index (χ3v) is 8.84. The Morgan fingerprint density at radius 3 is 1.87 bits per heavy atom. The zero-order valence-electron chi connectivity index (χ0n) is 24.6. The van der Waals surface area contributed by atoms with E-state index in [0.29, 0.717) is 17.7 Å². The van der Waals surface area contributed by atoms with Crippen LogP contribution in [-0.4, -0.2) is 27.5 Å². The molecule has 0 bridgehead atoms. The van der Waals surface area contributed by atoms with Crippen LogP contribution in [-0.2, 0) is 4.79 Å². The Balaban J connectivity index is 1.19. The standard InChI is InChI=1S/C38H31N3O3S/c1-2-35(38(44)41-33-19-11-9-17-30(33)31-18-10-12-20-34(31)41)45-29-23-21-28(22-24-29)39-37(43)32(25-26-13-5-3-6-14-26)40-36(42)27-15-7-4-8-16-27/h3-25,35H,2H2,1H3,(H,39,43)(H,40,42)/b32-25-. The lowest BCUT2D eigenvalue weighted by molar-refractivity contribution is -0.113. The van der Waals surface area contributed by atoms with Gasteiger partial charge in [0, 0.05) is 26.9 Å². The van der Waals surface area contributed by atoms with Crippen LogP contribution < -0.4 is 10.6 Å². The number of aromatic nitrogens is 1. The number of anilines is 1. The number of hydrogen-bond donors (Lipinski definition) is 2. The molecule has 0 aliphatic heterocycles. The predicted molar refractivity (Wildman–Crippen MR) is 183 cm³/mol. The highest BCUT2D eigenvalue weighted by atomic mass is 32.2. The first-order valence-corrected chi connectivity index (χ1v) is 15.6. The number of nitrogens with one attached hydrogen (secondary N) is 2. The predicted octanol–water partition coefficient (Wildman–Crippen LogP) is 8.42. The Morgan fingerprint density at radius 2 is 1.27 bits per heavy atom. The minimum absolute atomic E-state index is 0.0297. The molecule has 1 unspecified atom stereocenters. The van der Waals surface area contributed by atoms with E-state index in [9.17, 15) is 14.4 Å². The molecule has 0 aliphatic rings. The van der Waals surface area contributed by atoms with Crippen LogP contribution in [0.25, 0.3) is 27.9 Å². The van der Waals surface area contributed by atoms with E-state index in [-0.39, 0.29) is 22.8 Å². The maximum absolute atomic E-state index is 13.9. The number of hydrogen-bond acceptors (Lipinski definition) is 4. The van der Waals surface area contributed by atoms with Gasteiger partial charge in [-0.2, -0.15) is 0 Å². The van der Waals surface area contributed by atoms with Gasteiger partial charge in [0.1, 0.15) is 5.70 Å². The van der Waals surface area contributed by atoms with Crippen LogP contribution in [0.15, 0.2) is 144 Å². The highest BCUT2D eigenvalue weighted by Gasteiger charge is 2.24. The van der Waals surface area contributed by atoms with E-state index < -0.39 is 5.91 Å². The number of thioether (sulfide) groups is 1. The first kappa shape index (κ1) is 29.7. The molecule has 6 aromatic rings. The SMILES string of the molecule is CCC(Sc1ccc(NC(=O)/C(=C/c2ccccc2)NC(=O)c2ccccc2)cc1)C(=O)n1c2ccccc2c2ccccc21. The molecular weight excluding hydrogens is 579 g/mol. The smallest absolute Gasteiger partial charge is 0.272 e. The molecule has 0 aliphatic carbocycles. The van der Waals surface area contributed by atoms with Gasteiger partial charge in [-0.05, 0) is 66.6 Å². The summed E-state index contributed by atoms with van der Waals surface area (Å²) in [5.41, 5.74) is 3.72. The minimum atomic E-state index is -0.448. The molecule has 0 radical (unpaired) electrons. The topological polar surface area (TPSA) is 80.2 Å². The quantitative estimate of drug-likeness (QED) is 0.127. The maximum Gasteiger partial charge on any atom is 0.272 e. The third kappa shape index (κ3) is 6.59. The molecule has 5 aromatic carbocycles. The van der Waals surface area contributed by atoms with Gasteiger partial charge < -0.3 is 10.6 Å².